The van der Waals surface area contributed by atoms with Crippen molar-refractivity contribution in [2.75, 3.05) is 5.32 Å². The molecule has 0 fully saturated rings. The summed E-state index contributed by atoms with van der Waals surface area (Å²) in [5.74, 6) is 0. The molecule has 0 spiro atoms. The minimum atomic E-state index is -4.29. The molecule has 1 aromatic carbocycles. The molecule has 0 unspecified atom stereocenters. The maximum atomic E-state index is 12.5. The van der Waals surface area contributed by atoms with Crippen LogP contribution in [-0.2, 0) is 12.7 Å². The minimum absolute atomic E-state index is 0.509. The average molecular weight is 319 g/mol. The van der Waals surface area contributed by atoms with Crippen LogP contribution < -0.4 is 10.6 Å². The molecule has 2 N–H and O–H groups in total. The van der Waals surface area contributed by atoms with Crippen LogP contribution in [0.25, 0.3) is 0 Å². The van der Waals surface area contributed by atoms with Gasteiger partial charge in [-0.3, -0.25) is 4.98 Å². The Kier molecular flexibility index (Phi) is 4.23. The number of hydrogen-bond acceptors (Lipinski definition) is 3. The second kappa shape index (κ2) is 6.32. The Morgan fingerprint density at radius 1 is 0.913 bits per heavy atom. The van der Waals surface area contributed by atoms with Gasteiger partial charge in [-0.15, -0.1) is 0 Å². The molecule has 0 atom stereocenters. The number of halogens is 3. The average Bonchev–Trinajstić information content (AvgIpc) is 2.52. The van der Waals surface area contributed by atoms with E-state index in [1.807, 2.05) is 12.1 Å². The van der Waals surface area contributed by atoms with Crippen LogP contribution in [0, 0.1) is 0 Å². The van der Waals surface area contributed by atoms with Gasteiger partial charge in [-0.05, 0) is 42.7 Å². The molecule has 0 amide bonds. The molecule has 3 nitrogen and oxygen atoms in total. The van der Waals surface area contributed by atoms with Gasteiger partial charge in [0.05, 0.1) is 5.56 Å². The number of anilines is 1. The highest BCUT2D eigenvalue weighted by Crippen LogP contribution is 2.30. The molecule has 120 valence electrons. The first-order chi connectivity index (χ1) is 11.0. The zero-order chi connectivity index (χ0) is 16.3. The minimum Gasteiger partial charge on any atom is -0.383 e. The summed E-state index contributed by atoms with van der Waals surface area (Å²) in [4.78, 5) is 3.96. The standard InChI is InChI=1S/C17H16F3N3/c18-17(19,20)13-3-1-12(2-4-13)11-22-15-5-6-16(15)23-14-7-9-21-10-8-14/h1-4,7-10,22H,5-6,11H2,(H,21,23). The monoisotopic (exact) mass is 319 g/mol. The van der Waals surface area contributed by atoms with E-state index in [1.54, 1.807) is 12.4 Å². The topological polar surface area (TPSA) is 37.0 Å². The van der Waals surface area contributed by atoms with E-state index in [0.717, 1.165) is 47.6 Å². The highest BCUT2D eigenvalue weighted by atomic mass is 19.4. The number of benzene rings is 1. The van der Waals surface area contributed by atoms with E-state index in [-0.39, 0.29) is 0 Å². The van der Waals surface area contributed by atoms with E-state index >= 15 is 0 Å². The molecule has 23 heavy (non-hydrogen) atoms. The third-order valence-electron chi connectivity index (χ3n) is 3.75. The summed E-state index contributed by atoms with van der Waals surface area (Å²) in [6, 6.07) is 9.01. The van der Waals surface area contributed by atoms with Gasteiger partial charge in [-0.25, -0.2) is 0 Å². The van der Waals surface area contributed by atoms with Crippen molar-refractivity contribution < 1.29 is 13.2 Å². The fraction of sp³-hybridized carbons (Fsp3) is 0.235. The van der Waals surface area contributed by atoms with Crippen LogP contribution in [0.1, 0.15) is 24.0 Å². The van der Waals surface area contributed by atoms with Crippen LogP contribution in [0.3, 0.4) is 0 Å². The fourth-order valence-electron chi connectivity index (χ4n) is 2.34. The normalized spacial score (nSPS) is 14.4. The molecule has 0 radical (unpaired) electrons. The molecule has 0 aliphatic heterocycles. The largest absolute Gasteiger partial charge is 0.416 e. The van der Waals surface area contributed by atoms with Crippen molar-refractivity contribution in [2.45, 2.75) is 25.6 Å². The Hall–Kier alpha value is -2.50. The van der Waals surface area contributed by atoms with Gasteiger partial charge in [-0.1, -0.05) is 12.1 Å². The predicted molar refractivity (Wildman–Crippen MR) is 82.4 cm³/mol. The Morgan fingerprint density at radius 2 is 1.57 bits per heavy atom. The van der Waals surface area contributed by atoms with Gasteiger partial charge in [0.15, 0.2) is 0 Å². The van der Waals surface area contributed by atoms with Crippen LogP contribution in [-0.4, -0.2) is 4.98 Å². The fourth-order valence-corrected chi connectivity index (χ4v) is 2.34. The van der Waals surface area contributed by atoms with Gasteiger partial charge in [0.1, 0.15) is 0 Å². The summed E-state index contributed by atoms with van der Waals surface area (Å²) in [6.07, 6.45) is 1.05. The third kappa shape index (κ3) is 3.83. The zero-order valence-corrected chi connectivity index (χ0v) is 12.3. The number of pyridine rings is 1. The van der Waals surface area contributed by atoms with Gasteiger partial charge in [0, 0.05) is 36.0 Å². The van der Waals surface area contributed by atoms with Crippen molar-refractivity contribution in [1.82, 2.24) is 10.3 Å². The lowest BCUT2D eigenvalue weighted by atomic mass is 10.00. The first kappa shape index (κ1) is 15.4. The molecule has 1 heterocycles. The van der Waals surface area contributed by atoms with Gasteiger partial charge >= 0.3 is 6.18 Å². The quantitative estimate of drug-likeness (QED) is 0.862. The van der Waals surface area contributed by atoms with Gasteiger partial charge < -0.3 is 10.6 Å². The second-order valence-electron chi connectivity index (χ2n) is 5.37. The number of nitrogens with zero attached hydrogens (tertiary/aromatic N) is 1. The van der Waals surface area contributed by atoms with Crippen LogP contribution >= 0.6 is 0 Å². The smallest absolute Gasteiger partial charge is 0.383 e. The number of alkyl halides is 3. The molecule has 0 bridgehead atoms. The van der Waals surface area contributed by atoms with E-state index in [1.165, 1.54) is 12.1 Å². The molecular formula is C17H16F3N3. The Morgan fingerprint density at radius 3 is 2.13 bits per heavy atom. The first-order valence-corrected chi connectivity index (χ1v) is 7.31. The highest BCUT2D eigenvalue weighted by molar-refractivity contribution is 5.49. The number of hydrogen-bond donors (Lipinski definition) is 2. The number of allylic oxidation sites excluding steroid dienone is 2. The van der Waals surface area contributed by atoms with Crippen LogP contribution in [0.2, 0.25) is 0 Å². The van der Waals surface area contributed by atoms with Crippen LogP contribution in [0.4, 0.5) is 18.9 Å². The highest BCUT2D eigenvalue weighted by Gasteiger charge is 2.29. The molecule has 1 aliphatic carbocycles. The van der Waals surface area contributed by atoms with Crippen molar-refractivity contribution in [3.05, 3.63) is 71.3 Å². The van der Waals surface area contributed by atoms with Crippen molar-refractivity contribution >= 4 is 5.69 Å². The van der Waals surface area contributed by atoms with E-state index in [0.29, 0.717) is 6.54 Å². The molecule has 1 aliphatic rings. The van der Waals surface area contributed by atoms with Gasteiger partial charge in [-0.2, -0.15) is 13.2 Å². The Labute approximate surface area is 132 Å². The Bertz CT molecular complexity index is 691. The van der Waals surface area contributed by atoms with E-state index in [4.69, 9.17) is 0 Å². The number of rotatable bonds is 5. The van der Waals surface area contributed by atoms with Gasteiger partial charge in [0.25, 0.3) is 0 Å². The summed E-state index contributed by atoms with van der Waals surface area (Å²) in [6.45, 7) is 0.509. The maximum Gasteiger partial charge on any atom is 0.416 e. The Balaban J connectivity index is 1.59. The van der Waals surface area contributed by atoms with Gasteiger partial charge in [0.2, 0.25) is 0 Å². The van der Waals surface area contributed by atoms with E-state index < -0.39 is 11.7 Å². The van der Waals surface area contributed by atoms with E-state index in [2.05, 4.69) is 15.6 Å². The first-order valence-electron chi connectivity index (χ1n) is 7.31. The van der Waals surface area contributed by atoms with Crippen molar-refractivity contribution in [2.24, 2.45) is 0 Å². The maximum absolute atomic E-state index is 12.5. The lowest BCUT2D eigenvalue weighted by Gasteiger charge is -2.26. The molecule has 0 saturated heterocycles. The van der Waals surface area contributed by atoms with E-state index in [9.17, 15) is 13.2 Å². The van der Waals surface area contributed by atoms with Crippen molar-refractivity contribution in [3.8, 4) is 0 Å². The number of nitrogens with one attached hydrogen (secondary N) is 2. The second-order valence-corrected chi connectivity index (χ2v) is 5.37. The SMILES string of the molecule is FC(F)(F)c1ccc(CNC2=C(Nc3ccncc3)CC2)cc1. The third-order valence-corrected chi connectivity index (χ3v) is 3.75. The lowest BCUT2D eigenvalue weighted by Crippen LogP contribution is -2.24. The summed E-state index contributed by atoms with van der Waals surface area (Å²) < 4.78 is 37.6. The molecule has 6 heteroatoms. The van der Waals surface area contributed by atoms with Crippen molar-refractivity contribution in [3.63, 3.8) is 0 Å². The summed E-state index contributed by atoms with van der Waals surface area (Å²) in [7, 11) is 0. The molecule has 2 aromatic rings. The molecule has 0 saturated carbocycles. The lowest BCUT2D eigenvalue weighted by molar-refractivity contribution is -0.137. The molecular weight excluding hydrogens is 303 g/mol. The molecule has 1 aromatic heterocycles. The summed E-state index contributed by atoms with van der Waals surface area (Å²) in [5.41, 5.74) is 3.39. The predicted octanol–water partition coefficient (Wildman–Crippen LogP) is 4.31. The van der Waals surface area contributed by atoms with Crippen LogP contribution in [0.15, 0.2) is 60.2 Å². The van der Waals surface area contributed by atoms with Crippen LogP contribution in [0.5, 0.6) is 0 Å². The summed E-state index contributed by atoms with van der Waals surface area (Å²) >= 11 is 0. The zero-order valence-electron chi connectivity index (χ0n) is 12.3. The number of aromatic nitrogens is 1. The molecule has 3 rings (SSSR count). The summed E-state index contributed by atoms with van der Waals surface area (Å²) in [5, 5.41) is 6.61. The van der Waals surface area contributed by atoms with Crippen molar-refractivity contribution in [1.29, 1.82) is 0 Å².